The molecule has 0 N–H and O–H groups in total. The van der Waals surface area contributed by atoms with Crippen LogP contribution in [0, 0.1) is 0 Å². The average molecular weight is 324 g/mol. The minimum absolute atomic E-state index is 0.139. The molecule has 0 amide bonds. The third-order valence-electron chi connectivity index (χ3n) is 2.61. The van der Waals surface area contributed by atoms with Crippen molar-refractivity contribution in [2.45, 2.75) is 49.6 Å². The average Bonchev–Trinajstić information content (AvgIpc) is 2.33. The zero-order chi connectivity index (χ0) is 16.4. The lowest BCUT2D eigenvalue weighted by Crippen LogP contribution is -2.62. The molecule has 1 aliphatic heterocycles. The van der Waals surface area contributed by atoms with E-state index in [1.807, 2.05) is 0 Å². The van der Waals surface area contributed by atoms with Crippen LogP contribution >= 0.6 is 0 Å². The van der Waals surface area contributed by atoms with Crippen LogP contribution in [0.15, 0.2) is 0 Å². The summed E-state index contributed by atoms with van der Waals surface area (Å²) in [5.41, 5.74) is 0. The first kappa shape index (κ1) is 17.3. The van der Waals surface area contributed by atoms with E-state index >= 15 is 0 Å². The highest BCUT2D eigenvalue weighted by Gasteiger charge is 2.90. The fourth-order valence-electron chi connectivity index (χ4n) is 1.35. The summed E-state index contributed by atoms with van der Waals surface area (Å²) < 4.78 is 133. The van der Waals surface area contributed by atoms with E-state index in [1.54, 1.807) is 0 Å². The van der Waals surface area contributed by atoms with Crippen LogP contribution in [-0.4, -0.2) is 35.8 Å². The zero-order valence-corrected chi connectivity index (χ0v) is 9.60. The molecule has 0 aromatic rings. The highest BCUT2D eigenvalue weighted by Crippen LogP contribution is 2.62. The van der Waals surface area contributed by atoms with Crippen LogP contribution in [0.1, 0.15) is 13.8 Å². The molecule has 1 fully saturated rings. The summed E-state index contributed by atoms with van der Waals surface area (Å²) in [7, 11) is 0. The number of hydrogen-bond acceptors (Lipinski definition) is 2. The molecule has 2 atom stereocenters. The normalized spacial score (nSPS) is 40.2. The van der Waals surface area contributed by atoms with Gasteiger partial charge in [-0.1, -0.05) is 0 Å². The van der Waals surface area contributed by atoms with Crippen LogP contribution < -0.4 is 0 Å². The third-order valence-corrected chi connectivity index (χ3v) is 2.61. The first-order chi connectivity index (χ1) is 8.41. The van der Waals surface area contributed by atoms with Gasteiger partial charge in [0.05, 0.1) is 0 Å². The van der Waals surface area contributed by atoms with Gasteiger partial charge in [-0.05, 0) is 6.92 Å². The lowest BCUT2D eigenvalue weighted by molar-refractivity contribution is -0.422. The molecule has 1 saturated heterocycles. The van der Waals surface area contributed by atoms with Gasteiger partial charge in [0, 0.05) is 6.92 Å². The molecular formula is C8H6F10O2. The maximum Gasteiger partial charge on any atom is 0.455 e. The van der Waals surface area contributed by atoms with Gasteiger partial charge in [0.1, 0.15) is 0 Å². The van der Waals surface area contributed by atoms with Crippen molar-refractivity contribution < 1.29 is 53.4 Å². The van der Waals surface area contributed by atoms with E-state index in [4.69, 9.17) is 0 Å². The first-order valence-electron chi connectivity index (χ1n) is 4.71. The predicted octanol–water partition coefficient (Wildman–Crippen LogP) is 3.86. The molecule has 0 aromatic heterocycles. The summed E-state index contributed by atoms with van der Waals surface area (Å²) in [6.45, 7) is -0.355. The van der Waals surface area contributed by atoms with Gasteiger partial charge in [-0.2, -0.15) is 35.1 Å². The third kappa shape index (κ3) is 2.03. The van der Waals surface area contributed by atoms with Crippen molar-refractivity contribution in [3.05, 3.63) is 0 Å². The van der Waals surface area contributed by atoms with Gasteiger partial charge in [-0.25, -0.2) is 8.78 Å². The molecule has 0 bridgehead atoms. The molecule has 0 aromatic carbocycles. The van der Waals surface area contributed by atoms with Crippen molar-refractivity contribution in [3.8, 4) is 0 Å². The fourth-order valence-corrected chi connectivity index (χ4v) is 1.35. The Morgan fingerprint density at radius 2 is 0.950 bits per heavy atom. The molecular weight excluding hydrogens is 318 g/mol. The van der Waals surface area contributed by atoms with Gasteiger partial charge in [-0.15, -0.1) is 0 Å². The summed E-state index contributed by atoms with van der Waals surface area (Å²) >= 11 is 0. The van der Waals surface area contributed by atoms with Gasteiger partial charge in [0.2, 0.25) is 5.79 Å². The van der Waals surface area contributed by atoms with E-state index in [0.717, 1.165) is 0 Å². The van der Waals surface area contributed by atoms with Crippen molar-refractivity contribution in [1.29, 1.82) is 0 Å². The molecule has 1 heterocycles. The van der Waals surface area contributed by atoms with Crippen molar-refractivity contribution in [1.82, 2.24) is 0 Å². The van der Waals surface area contributed by atoms with Crippen LogP contribution in [0.5, 0.6) is 0 Å². The lowest BCUT2D eigenvalue weighted by Gasteiger charge is -2.31. The Morgan fingerprint density at radius 3 is 1.10 bits per heavy atom. The van der Waals surface area contributed by atoms with E-state index in [1.165, 1.54) is 0 Å². The Hall–Kier alpha value is -0.780. The Bertz CT molecular complexity index is 368. The summed E-state index contributed by atoms with van der Waals surface area (Å²) in [5, 5.41) is 0. The Labute approximate surface area is 104 Å². The highest BCUT2D eigenvalue weighted by molar-refractivity contribution is 5.06. The van der Waals surface area contributed by atoms with Gasteiger partial charge in [0.25, 0.3) is 5.92 Å². The topological polar surface area (TPSA) is 18.5 Å². The maximum atomic E-state index is 13.5. The molecule has 2 unspecified atom stereocenters. The molecule has 120 valence electrons. The van der Waals surface area contributed by atoms with E-state index in [2.05, 4.69) is 9.47 Å². The summed E-state index contributed by atoms with van der Waals surface area (Å²) in [5.74, 6) is -20.9. The van der Waals surface area contributed by atoms with E-state index in [-0.39, 0.29) is 13.8 Å². The second-order valence-electron chi connectivity index (χ2n) is 4.22. The number of halogens is 10. The number of rotatable bonds is 1. The smallest absolute Gasteiger partial charge is 0.295 e. The van der Waals surface area contributed by atoms with Gasteiger partial charge in [-0.3, -0.25) is 9.47 Å². The second-order valence-corrected chi connectivity index (χ2v) is 4.22. The standard InChI is InChI=1S/C8H6F10O2/c1-3(9,10)4(2)19-5(11,7(13,14)15)6(12,20-4)8(16,17)18/h1-2H3. The molecule has 12 heteroatoms. The number of alkyl halides is 10. The van der Waals surface area contributed by atoms with E-state index in [0.29, 0.717) is 0 Å². The van der Waals surface area contributed by atoms with Crippen LogP contribution in [0.2, 0.25) is 0 Å². The van der Waals surface area contributed by atoms with Crippen LogP contribution in [0.25, 0.3) is 0 Å². The predicted molar refractivity (Wildman–Crippen MR) is 41.0 cm³/mol. The molecule has 20 heavy (non-hydrogen) atoms. The zero-order valence-electron chi connectivity index (χ0n) is 9.60. The SMILES string of the molecule is CC(F)(F)C1(C)OC(F)(C(F)(F)F)C(F)(C(F)(F)F)O1. The van der Waals surface area contributed by atoms with Crippen LogP contribution in [0.3, 0.4) is 0 Å². The minimum atomic E-state index is -6.61. The van der Waals surface area contributed by atoms with Crippen molar-refractivity contribution in [2.75, 3.05) is 0 Å². The molecule has 0 spiro atoms. The summed E-state index contributed by atoms with van der Waals surface area (Å²) in [4.78, 5) is 0. The molecule has 0 aliphatic carbocycles. The maximum absolute atomic E-state index is 13.5. The monoisotopic (exact) mass is 324 g/mol. The molecule has 0 saturated carbocycles. The molecule has 2 nitrogen and oxygen atoms in total. The van der Waals surface area contributed by atoms with Gasteiger partial charge in [0.15, 0.2) is 0 Å². The van der Waals surface area contributed by atoms with Crippen molar-refractivity contribution >= 4 is 0 Å². The Kier molecular flexibility index (Phi) is 3.37. The molecule has 1 aliphatic rings. The first-order valence-corrected chi connectivity index (χ1v) is 4.71. The second kappa shape index (κ2) is 3.90. The molecule has 0 radical (unpaired) electrons. The Morgan fingerprint density at radius 1 is 0.700 bits per heavy atom. The van der Waals surface area contributed by atoms with E-state index in [9.17, 15) is 43.9 Å². The minimum Gasteiger partial charge on any atom is -0.295 e. The Balaban J connectivity index is 3.51. The van der Waals surface area contributed by atoms with Crippen LogP contribution in [-0.2, 0) is 9.47 Å². The largest absolute Gasteiger partial charge is 0.455 e. The molecule has 1 rings (SSSR count). The van der Waals surface area contributed by atoms with Gasteiger partial charge < -0.3 is 0 Å². The quantitative estimate of drug-likeness (QED) is 0.682. The fraction of sp³-hybridized carbons (Fsp3) is 1.00. The van der Waals surface area contributed by atoms with E-state index < -0.39 is 35.8 Å². The lowest BCUT2D eigenvalue weighted by atomic mass is 10.1. The number of ether oxygens (including phenoxy) is 2. The highest BCUT2D eigenvalue weighted by atomic mass is 19.4. The van der Waals surface area contributed by atoms with Crippen LogP contribution in [0.4, 0.5) is 43.9 Å². The van der Waals surface area contributed by atoms with Crippen molar-refractivity contribution in [3.63, 3.8) is 0 Å². The summed E-state index contributed by atoms with van der Waals surface area (Å²) in [6.07, 6.45) is -13.2. The number of hydrogen-bond donors (Lipinski definition) is 0. The van der Waals surface area contributed by atoms with Crippen molar-refractivity contribution in [2.24, 2.45) is 0 Å². The van der Waals surface area contributed by atoms with Gasteiger partial charge >= 0.3 is 24.1 Å². The summed E-state index contributed by atoms with van der Waals surface area (Å²) in [6, 6.07) is 0.